The molecule has 0 aliphatic carbocycles. The Labute approximate surface area is 169 Å². The molecule has 154 valence electrons. The molecule has 2 saturated heterocycles. The summed E-state index contributed by atoms with van der Waals surface area (Å²) in [5.41, 5.74) is 0.918. The highest BCUT2D eigenvalue weighted by Crippen LogP contribution is 2.16. The number of carbonyl (C=O) groups is 2. The number of benzene rings is 1. The Balaban J connectivity index is 1.46. The predicted octanol–water partition coefficient (Wildman–Crippen LogP) is 2.06. The molecule has 0 saturated carbocycles. The molecule has 0 bridgehead atoms. The van der Waals surface area contributed by atoms with Crippen molar-refractivity contribution in [3.63, 3.8) is 0 Å². The lowest BCUT2D eigenvalue weighted by molar-refractivity contribution is -0.133. The number of hydrogen-bond donors (Lipinski definition) is 0. The Morgan fingerprint density at radius 3 is 2.14 bits per heavy atom. The minimum absolute atomic E-state index is 0.111. The number of amides is 2. The van der Waals surface area contributed by atoms with E-state index in [1.54, 1.807) is 4.90 Å². The van der Waals surface area contributed by atoms with Gasteiger partial charge in [0.25, 0.3) is 0 Å². The van der Waals surface area contributed by atoms with Crippen LogP contribution in [-0.4, -0.2) is 85.4 Å². The lowest BCUT2D eigenvalue weighted by Gasteiger charge is -2.38. The number of likely N-dealkylation sites (tertiary alicyclic amines) is 1. The smallest absolute Gasteiger partial charge is 0.243 e. The van der Waals surface area contributed by atoms with Gasteiger partial charge in [-0.05, 0) is 31.9 Å². The van der Waals surface area contributed by atoms with Crippen molar-refractivity contribution in [3.8, 4) is 0 Å². The van der Waals surface area contributed by atoms with Gasteiger partial charge in [0.1, 0.15) is 0 Å². The average Bonchev–Trinajstić information content (AvgIpc) is 3.03. The van der Waals surface area contributed by atoms with Crippen LogP contribution in [0.3, 0.4) is 0 Å². The van der Waals surface area contributed by atoms with Gasteiger partial charge in [-0.3, -0.25) is 19.4 Å². The summed E-state index contributed by atoms with van der Waals surface area (Å²) >= 11 is 0. The summed E-state index contributed by atoms with van der Waals surface area (Å²) in [5, 5.41) is 0. The van der Waals surface area contributed by atoms with Gasteiger partial charge in [-0.25, -0.2) is 0 Å². The van der Waals surface area contributed by atoms with Crippen LogP contribution in [0.4, 0.5) is 5.69 Å². The molecule has 1 aromatic rings. The number of carbonyl (C=O) groups excluding carboxylic acids is 2. The van der Waals surface area contributed by atoms with Crippen molar-refractivity contribution < 1.29 is 9.59 Å². The van der Waals surface area contributed by atoms with Crippen LogP contribution in [0.5, 0.6) is 0 Å². The maximum absolute atomic E-state index is 12.9. The SMILES string of the molecule is CC(C(=O)N(C)c1ccccc1)N1CCN(CC(=O)N2CCCCCC2)CC1. The first-order chi connectivity index (χ1) is 13.6. The van der Waals surface area contributed by atoms with E-state index < -0.39 is 0 Å². The zero-order valence-electron chi connectivity index (χ0n) is 17.3. The van der Waals surface area contributed by atoms with Gasteiger partial charge in [0.2, 0.25) is 11.8 Å². The average molecular weight is 387 g/mol. The second kappa shape index (κ2) is 10.0. The van der Waals surface area contributed by atoms with Crippen LogP contribution in [0.1, 0.15) is 32.6 Å². The van der Waals surface area contributed by atoms with Crippen molar-refractivity contribution in [1.82, 2.24) is 14.7 Å². The molecule has 2 amide bonds. The maximum atomic E-state index is 12.9. The Hall–Kier alpha value is -1.92. The summed E-state index contributed by atoms with van der Waals surface area (Å²) < 4.78 is 0. The van der Waals surface area contributed by atoms with Crippen LogP contribution < -0.4 is 4.90 Å². The van der Waals surface area contributed by atoms with Crippen molar-refractivity contribution >= 4 is 17.5 Å². The number of para-hydroxylation sites is 1. The van der Waals surface area contributed by atoms with E-state index in [0.717, 1.165) is 57.8 Å². The van der Waals surface area contributed by atoms with E-state index in [1.807, 2.05) is 49.2 Å². The van der Waals surface area contributed by atoms with Crippen molar-refractivity contribution in [2.75, 3.05) is 57.8 Å². The van der Waals surface area contributed by atoms with Crippen LogP contribution in [0.15, 0.2) is 30.3 Å². The molecule has 0 radical (unpaired) electrons. The third kappa shape index (κ3) is 5.32. The maximum Gasteiger partial charge on any atom is 0.243 e. The zero-order valence-corrected chi connectivity index (χ0v) is 17.3. The van der Waals surface area contributed by atoms with Crippen molar-refractivity contribution in [2.45, 2.75) is 38.6 Å². The van der Waals surface area contributed by atoms with Gasteiger partial charge >= 0.3 is 0 Å². The van der Waals surface area contributed by atoms with E-state index in [2.05, 4.69) is 9.80 Å². The Bertz CT molecular complexity index is 635. The van der Waals surface area contributed by atoms with E-state index in [-0.39, 0.29) is 17.9 Å². The number of piperazine rings is 1. The molecule has 28 heavy (non-hydrogen) atoms. The first-order valence-corrected chi connectivity index (χ1v) is 10.6. The summed E-state index contributed by atoms with van der Waals surface area (Å²) in [7, 11) is 1.84. The van der Waals surface area contributed by atoms with Crippen molar-refractivity contribution in [1.29, 1.82) is 0 Å². The molecule has 3 rings (SSSR count). The van der Waals surface area contributed by atoms with Gasteiger partial charge in [0, 0.05) is 52.0 Å². The predicted molar refractivity (Wildman–Crippen MR) is 112 cm³/mol. The van der Waals surface area contributed by atoms with Gasteiger partial charge in [-0.1, -0.05) is 31.0 Å². The highest BCUT2D eigenvalue weighted by atomic mass is 16.2. The molecular formula is C22H34N4O2. The summed E-state index contributed by atoms with van der Waals surface area (Å²) in [6.07, 6.45) is 4.75. The number of rotatable bonds is 5. The van der Waals surface area contributed by atoms with Crippen LogP contribution >= 0.6 is 0 Å². The lowest BCUT2D eigenvalue weighted by Crippen LogP contribution is -2.55. The van der Waals surface area contributed by atoms with Crippen molar-refractivity contribution in [2.24, 2.45) is 0 Å². The normalized spacial score (nSPS) is 20.4. The molecule has 0 spiro atoms. The summed E-state index contributed by atoms with van der Waals surface area (Å²) in [6, 6.07) is 9.60. The number of hydrogen-bond acceptors (Lipinski definition) is 4. The summed E-state index contributed by atoms with van der Waals surface area (Å²) in [5.74, 6) is 0.378. The first-order valence-electron chi connectivity index (χ1n) is 10.6. The van der Waals surface area contributed by atoms with Crippen LogP contribution in [0.2, 0.25) is 0 Å². The topological polar surface area (TPSA) is 47.1 Å². The van der Waals surface area contributed by atoms with Gasteiger partial charge in [0.15, 0.2) is 0 Å². The lowest BCUT2D eigenvalue weighted by atomic mass is 10.2. The molecule has 1 unspecified atom stereocenters. The molecule has 2 aliphatic heterocycles. The van der Waals surface area contributed by atoms with E-state index >= 15 is 0 Å². The summed E-state index contributed by atoms with van der Waals surface area (Å²) in [6.45, 7) is 7.65. The van der Waals surface area contributed by atoms with E-state index in [4.69, 9.17) is 0 Å². The Morgan fingerprint density at radius 1 is 0.929 bits per heavy atom. The summed E-state index contributed by atoms with van der Waals surface area (Å²) in [4.78, 5) is 33.7. The zero-order chi connectivity index (χ0) is 19.9. The quantitative estimate of drug-likeness (QED) is 0.777. The van der Waals surface area contributed by atoms with Gasteiger partial charge in [-0.15, -0.1) is 0 Å². The van der Waals surface area contributed by atoms with Gasteiger partial charge in [-0.2, -0.15) is 0 Å². The minimum Gasteiger partial charge on any atom is -0.342 e. The van der Waals surface area contributed by atoms with Gasteiger partial charge < -0.3 is 9.80 Å². The first kappa shape index (κ1) is 20.8. The Kier molecular flexibility index (Phi) is 7.45. The number of anilines is 1. The molecule has 2 heterocycles. The van der Waals surface area contributed by atoms with Crippen LogP contribution in [0.25, 0.3) is 0 Å². The monoisotopic (exact) mass is 386 g/mol. The highest BCUT2D eigenvalue weighted by Gasteiger charge is 2.29. The van der Waals surface area contributed by atoms with Gasteiger partial charge in [0.05, 0.1) is 12.6 Å². The largest absolute Gasteiger partial charge is 0.342 e. The molecule has 6 nitrogen and oxygen atoms in total. The molecule has 2 aliphatic rings. The third-order valence-electron chi connectivity index (χ3n) is 6.10. The molecule has 0 N–H and O–H groups in total. The highest BCUT2D eigenvalue weighted by molar-refractivity contribution is 5.96. The number of nitrogens with zero attached hydrogens (tertiary/aromatic N) is 4. The molecule has 1 aromatic carbocycles. The molecule has 1 atom stereocenters. The Morgan fingerprint density at radius 2 is 1.54 bits per heavy atom. The van der Waals surface area contributed by atoms with E-state index in [0.29, 0.717) is 6.54 Å². The molecular weight excluding hydrogens is 352 g/mol. The molecule has 2 fully saturated rings. The van der Waals surface area contributed by atoms with Crippen LogP contribution in [0, 0.1) is 0 Å². The second-order valence-electron chi connectivity index (χ2n) is 8.02. The second-order valence-corrected chi connectivity index (χ2v) is 8.02. The fraction of sp³-hybridized carbons (Fsp3) is 0.636. The van der Waals surface area contributed by atoms with E-state index in [9.17, 15) is 9.59 Å². The molecule has 6 heteroatoms. The van der Waals surface area contributed by atoms with Crippen LogP contribution in [-0.2, 0) is 9.59 Å². The minimum atomic E-state index is -0.159. The fourth-order valence-electron chi connectivity index (χ4n) is 4.14. The van der Waals surface area contributed by atoms with E-state index in [1.165, 1.54) is 12.8 Å². The fourth-order valence-corrected chi connectivity index (χ4v) is 4.14. The standard InChI is InChI=1S/C22H34N4O2/c1-19(22(28)23(2)20-10-6-5-7-11-20)25-16-14-24(15-17-25)18-21(27)26-12-8-3-4-9-13-26/h5-7,10-11,19H,3-4,8-9,12-18H2,1-2H3. The van der Waals surface area contributed by atoms with Crippen molar-refractivity contribution in [3.05, 3.63) is 30.3 Å². The third-order valence-corrected chi connectivity index (χ3v) is 6.10. The number of likely N-dealkylation sites (N-methyl/N-ethyl adjacent to an activating group) is 1. The molecule has 0 aromatic heterocycles.